The molecule has 0 spiro atoms. The van der Waals surface area contributed by atoms with E-state index in [0.29, 0.717) is 11.4 Å². The molecule has 0 radical (unpaired) electrons. The number of carbonyl (C=O) groups excluding carboxylic acids is 2. The van der Waals surface area contributed by atoms with Gasteiger partial charge in [-0.1, -0.05) is 0 Å². The largest absolute Gasteiger partial charge is 0.480 e. The molecule has 0 bridgehead atoms. The highest BCUT2D eigenvalue weighted by molar-refractivity contribution is 5.88. The molecule has 0 saturated carbocycles. The SMILES string of the molecule is NC(=O)C[C@@H](NC(=O)Cc1ccc(N)cn1)C(=O)O. The van der Waals surface area contributed by atoms with Crippen LogP contribution >= 0.6 is 0 Å². The van der Waals surface area contributed by atoms with Crippen molar-refractivity contribution >= 4 is 23.5 Å². The number of pyridine rings is 1. The number of carboxylic acids is 1. The molecule has 0 saturated heterocycles. The molecule has 2 amide bonds. The second-order valence-electron chi connectivity index (χ2n) is 3.89. The highest BCUT2D eigenvalue weighted by atomic mass is 16.4. The summed E-state index contributed by atoms with van der Waals surface area (Å²) in [4.78, 5) is 37.0. The molecule has 1 atom stereocenters. The molecular formula is C11H14N4O4. The van der Waals surface area contributed by atoms with Crippen LogP contribution in [0.1, 0.15) is 12.1 Å². The average molecular weight is 266 g/mol. The molecule has 8 heteroatoms. The van der Waals surface area contributed by atoms with Gasteiger partial charge in [-0.2, -0.15) is 0 Å². The highest BCUT2D eigenvalue weighted by Crippen LogP contribution is 2.02. The standard InChI is InChI=1S/C11H14N4O4/c12-6-1-2-7(14-5-6)3-10(17)15-8(11(18)19)4-9(13)16/h1-2,5,8H,3-4,12H2,(H2,13,16)(H,15,17)(H,18,19)/t8-/m1/s1. The van der Waals surface area contributed by atoms with Gasteiger partial charge >= 0.3 is 5.97 Å². The van der Waals surface area contributed by atoms with E-state index < -0.39 is 30.2 Å². The fourth-order valence-electron chi connectivity index (χ4n) is 1.35. The number of aromatic nitrogens is 1. The average Bonchev–Trinajstić information content (AvgIpc) is 2.30. The molecule has 6 N–H and O–H groups in total. The van der Waals surface area contributed by atoms with Crippen LogP contribution in [0.2, 0.25) is 0 Å². The molecule has 19 heavy (non-hydrogen) atoms. The first-order chi connectivity index (χ1) is 8.88. The van der Waals surface area contributed by atoms with Crippen LogP contribution < -0.4 is 16.8 Å². The Morgan fingerprint density at radius 2 is 2.05 bits per heavy atom. The van der Waals surface area contributed by atoms with Crippen LogP contribution in [-0.4, -0.2) is 33.9 Å². The number of rotatable bonds is 6. The van der Waals surface area contributed by atoms with Gasteiger partial charge in [0.2, 0.25) is 11.8 Å². The van der Waals surface area contributed by atoms with Gasteiger partial charge in [0.25, 0.3) is 0 Å². The predicted octanol–water partition coefficient (Wildman–Crippen LogP) is -1.35. The Bertz CT molecular complexity index is 486. The van der Waals surface area contributed by atoms with Crippen molar-refractivity contribution in [2.75, 3.05) is 5.73 Å². The van der Waals surface area contributed by atoms with E-state index in [1.54, 1.807) is 12.1 Å². The third-order valence-corrected chi connectivity index (χ3v) is 2.23. The lowest BCUT2D eigenvalue weighted by atomic mass is 10.2. The van der Waals surface area contributed by atoms with E-state index in [-0.39, 0.29) is 6.42 Å². The smallest absolute Gasteiger partial charge is 0.326 e. The van der Waals surface area contributed by atoms with Crippen LogP contribution in [0.25, 0.3) is 0 Å². The summed E-state index contributed by atoms with van der Waals surface area (Å²) in [5, 5.41) is 11.0. The fourth-order valence-corrected chi connectivity index (χ4v) is 1.35. The second kappa shape index (κ2) is 6.34. The number of carboxylic acid groups (broad SMARTS) is 1. The Morgan fingerprint density at radius 3 is 2.53 bits per heavy atom. The molecule has 0 aliphatic carbocycles. The predicted molar refractivity (Wildman–Crippen MR) is 65.7 cm³/mol. The molecule has 8 nitrogen and oxygen atoms in total. The summed E-state index contributed by atoms with van der Waals surface area (Å²) >= 11 is 0. The maximum Gasteiger partial charge on any atom is 0.326 e. The Hall–Kier alpha value is -2.64. The van der Waals surface area contributed by atoms with E-state index in [2.05, 4.69) is 10.3 Å². The van der Waals surface area contributed by atoms with Crippen molar-refractivity contribution in [3.63, 3.8) is 0 Å². The highest BCUT2D eigenvalue weighted by Gasteiger charge is 2.22. The number of aliphatic carboxylic acids is 1. The Morgan fingerprint density at radius 1 is 1.37 bits per heavy atom. The summed E-state index contributed by atoms with van der Waals surface area (Å²) in [7, 11) is 0. The van der Waals surface area contributed by atoms with Crippen molar-refractivity contribution in [2.45, 2.75) is 18.9 Å². The summed E-state index contributed by atoms with van der Waals surface area (Å²) in [5.41, 5.74) is 11.2. The lowest BCUT2D eigenvalue weighted by Gasteiger charge is -2.12. The Balaban J connectivity index is 2.59. The molecule has 1 aromatic heterocycles. The van der Waals surface area contributed by atoms with Crippen molar-refractivity contribution in [1.82, 2.24) is 10.3 Å². The molecule has 0 aromatic carbocycles. The van der Waals surface area contributed by atoms with Crippen molar-refractivity contribution in [3.8, 4) is 0 Å². The minimum atomic E-state index is -1.33. The number of nitrogens with one attached hydrogen (secondary N) is 1. The zero-order valence-corrected chi connectivity index (χ0v) is 10.00. The fraction of sp³-hybridized carbons (Fsp3) is 0.273. The minimum Gasteiger partial charge on any atom is -0.480 e. The van der Waals surface area contributed by atoms with Gasteiger partial charge in [0.05, 0.1) is 24.7 Å². The van der Waals surface area contributed by atoms with Gasteiger partial charge in [-0.05, 0) is 12.1 Å². The number of nitrogen functional groups attached to an aromatic ring is 1. The summed E-state index contributed by atoms with van der Waals surface area (Å²) < 4.78 is 0. The molecular weight excluding hydrogens is 252 g/mol. The van der Waals surface area contributed by atoms with Crippen LogP contribution in [0.4, 0.5) is 5.69 Å². The van der Waals surface area contributed by atoms with Gasteiger partial charge in [0.15, 0.2) is 0 Å². The first-order valence-electron chi connectivity index (χ1n) is 5.39. The number of primary amides is 1. The van der Waals surface area contributed by atoms with E-state index >= 15 is 0 Å². The Kier molecular flexibility index (Phi) is 4.81. The second-order valence-corrected chi connectivity index (χ2v) is 3.89. The number of nitrogens with zero attached hydrogens (tertiary/aromatic N) is 1. The maximum atomic E-state index is 11.6. The molecule has 0 aliphatic rings. The minimum absolute atomic E-state index is 0.108. The summed E-state index contributed by atoms with van der Waals surface area (Å²) in [6.07, 6.45) is 0.819. The number of hydrogen-bond acceptors (Lipinski definition) is 5. The van der Waals surface area contributed by atoms with Crippen molar-refractivity contribution in [1.29, 1.82) is 0 Å². The summed E-state index contributed by atoms with van der Waals surface area (Å²) in [5.74, 6) is -2.69. The van der Waals surface area contributed by atoms with E-state index in [1.165, 1.54) is 6.20 Å². The third-order valence-electron chi connectivity index (χ3n) is 2.23. The number of amides is 2. The molecule has 0 aliphatic heterocycles. The monoisotopic (exact) mass is 266 g/mol. The van der Waals surface area contributed by atoms with Gasteiger partial charge in [-0.25, -0.2) is 4.79 Å². The first-order valence-corrected chi connectivity index (χ1v) is 5.39. The molecule has 1 heterocycles. The van der Waals surface area contributed by atoms with E-state index in [0.717, 1.165) is 0 Å². The van der Waals surface area contributed by atoms with E-state index in [1.807, 2.05) is 0 Å². The van der Waals surface area contributed by atoms with Crippen LogP contribution in [0.3, 0.4) is 0 Å². The molecule has 102 valence electrons. The topological polar surface area (TPSA) is 148 Å². The summed E-state index contributed by atoms with van der Waals surface area (Å²) in [6, 6.07) is 1.80. The molecule has 0 unspecified atom stereocenters. The normalized spacial score (nSPS) is 11.6. The quantitative estimate of drug-likeness (QED) is 0.500. The van der Waals surface area contributed by atoms with E-state index in [9.17, 15) is 14.4 Å². The zero-order valence-electron chi connectivity index (χ0n) is 10.00. The molecule has 1 aromatic rings. The first kappa shape index (κ1) is 14.4. The number of anilines is 1. The van der Waals surface area contributed by atoms with Gasteiger partial charge in [0.1, 0.15) is 6.04 Å². The van der Waals surface area contributed by atoms with E-state index in [4.69, 9.17) is 16.6 Å². The number of carbonyl (C=O) groups is 3. The van der Waals surface area contributed by atoms with Crippen LogP contribution in [0, 0.1) is 0 Å². The van der Waals surface area contributed by atoms with Gasteiger partial charge in [0, 0.05) is 5.69 Å². The summed E-state index contributed by atoms with van der Waals surface area (Å²) in [6.45, 7) is 0. The third kappa shape index (κ3) is 5.02. The van der Waals surface area contributed by atoms with Crippen molar-refractivity contribution in [2.24, 2.45) is 5.73 Å². The zero-order chi connectivity index (χ0) is 14.4. The number of hydrogen-bond donors (Lipinski definition) is 4. The molecule has 1 rings (SSSR count). The van der Waals surface area contributed by atoms with Gasteiger partial charge in [-0.15, -0.1) is 0 Å². The van der Waals surface area contributed by atoms with Crippen LogP contribution in [0.5, 0.6) is 0 Å². The molecule has 0 fully saturated rings. The Labute approximate surface area is 108 Å². The van der Waals surface area contributed by atoms with Gasteiger partial charge in [-0.3, -0.25) is 14.6 Å². The van der Waals surface area contributed by atoms with Crippen molar-refractivity contribution in [3.05, 3.63) is 24.0 Å². The van der Waals surface area contributed by atoms with Crippen LogP contribution in [0.15, 0.2) is 18.3 Å². The van der Waals surface area contributed by atoms with Gasteiger partial charge < -0.3 is 21.9 Å². The lowest BCUT2D eigenvalue weighted by molar-refractivity contribution is -0.143. The van der Waals surface area contributed by atoms with Crippen LogP contribution in [-0.2, 0) is 20.8 Å². The van der Waals surface area contributed by atoms with Crippen molar-refractivity contribution < 1.29 is 19.5 Å². The maximum absolute atomic E-state index is 11.6. The lowest BCUT2D eigenvalue weighted by Crippen LogP contribution is -2.44. The number of nitrogens with two attached hydrogens (primary N) is 2.